The van der Waals surface area contributed by atoms with E-state index in [9.17, 15) is 0 Å². The molecular weight excluding hydrogens is 198 g/mol. The SMILES string of the molecule is Cc1cc(Cl)cc2c(CC#N)coc12. The number of nitriles is 1. The first-order valence-electron chi connectivity index (χ1n) is 4.25. The van der Waals surface area contributed by atoms with Crippen LogP contribution in [0.3, 0.4) is 0 Å². The van der Waals surface area contributed by atoms with Crippen LogP contribution in [-0.4, -0.2) is 0 Å². The van der Waals surface area contributed by atoms with Gasteiger partial charge >= 0.3 is 0 Å². The summed E-state index contributed by atoms with van der Waals surface area (Å²) < 4.78 is 5.38. The molecule has 2 aromatic rings. The van der Waals surface area contributed by atoms with Gasteiger partial charge in [0.2, 0.25) is 0 Å². The number of hydrogen-bond donors (Lipinski definition) is 0. The van der Waals surface area contributed by atoms with Crippen LogP contribution in [0.4, 0.5) is 0 Å². The van der Waals surface area contributed by atoms with Crippen molar-refractivity contribution in [1.82, 2.24) is 0 Å². The molecule has 0 aliphatic heterocycles. The summed E-state index contributed by atoms with van der Waals surface area (Å²) in [4.78, 5) is 0. The largest absolute Gasteiger partial charge is 0.464 e. The van der Waals surface area contributed by atoms with Crippen LogP contribution in [0.15, 0.2) is 22.8 Å². The van der Waals surface area contributed by atoms with Gasteiger partial charge in [0, 0.05) is 16.0 Å². The van der Waals surface area contributed by atoms with Crippen LogP contribution >= 0.6 is 11.6 Å². The Morgan fingerprint density at radius 2 is 2.29 bits per heavy atom. The summed E-state index contributed by atoms with van der Waals surface area (Å²) in [5, 5.41) is 10.2. The van der Waals surface area contributed by atoms with Crippen LogP contribution in [0.5, 0.6) is 0 Å². The molecule has 0 saturated carbocycles. The molecule has 2 rings (SSSR count). The lowest BCUT2D eigenvalue weighted by molar-refractivity contribution is 0.609. The molecule has 0 amide bonds. The summed E-state index contributed by atoms with van der Waals surface area (Å²) in [5.41, 5.74) is 2.71. The lowest BCUT2D eigenvalue weighted by Gasteiger charge is -1.96. The first kappa shape index (κ1) is 9.11. The number of nitrogens with zero attached hydrogens (tertiary/aromatic N) is 1. The molecule has 0 unspecified atom stereocenters. The van der Waals surface area contributed by atoms with Gasteiger partial charge in [-0.15, -0.1) is 0 Å². The van der Waals surface area contributed by atoms with E-state index in [1.807, 2.05) is 19.1 Å². The van der Waals surface area contributed by atoms with Crippen molar-refractivity contribution in [3.8, 4) is 6.07 Å². The Morgan fingerprint density at radius 3 is 3.00 bits per heavy atom. The highest BCUT2D eigenvalue weighted by Gasteiger charge is 2.08. The Bertz CT molecular complexity index is 522. The van der Waals surface area contributed by atoms with Crippen LogP contribution in [0.1, 0.15) is 11.1 Å². The summed E-state index contributed by atoms with van der Waals surface area (Å²) in [6.45, 7) is 1.94. The van der Waals surface area contributed by atoms with Crippen LogP contribution < -0.4 is 0 Å². The van der Waals surface area contributed by atoms with E-state index in [0.29, 0.717) is 11.4 Å². The highest BCUT2D eigenvalue weighted by atomic mass is 35.5. The highest BCUT2D eigenvalue weighted by molar-refractivity contribution is 6.31. The molecule has 0 fully saturated rings. The number of aryl methyl sites for hydroxylation is 1. The summed E-state index contributed by atoms with van der Waals surface area (Å²) in [6.07, 6.45) is 1.98. The summed E-state index contributed by atoms with van der Waals surface area (Å²) in [7, 11) is 0. The average molecular weight is 206 g/mol. The molecule has 2 nitrogen and oxygen atoms in total. The number of fused-ring (bicyclic) bond motifs is 1. The van der Waals surface area contributed by atoms with Crippen LogP contribution in [0, 0.1) is 18.3 Å². The first-order valence-corrected chi connectivity index (χ1v) is 4.63. The number of furan rings is 1. The standard InChI is InChI=1S/C11H8ClNO/c1-7-4-9(12)5-10-8(2-3-13)6-14-11(7)10/h4-6H,2H2,1H3. The molecule has 0 spiro atoms. The molecule has 0 aliphatic carbocycles. The van der Waals surface area contributed by atoms with Gasteiger partial charge in [-0.05, 0) is 24.6 Å². The monoisotopic (exact) mass is 205 g/mol. The van der Waals surface area contributed by atoms with E-state index in [0.717, 1.165) is 22.1 Å². The molecule has 70 valence electrons. The predicted molar refractivity (Wildman–Crippen MR) is 55.3 cm³/mol. The molecule has 3 heteroatoms. The smallest absolute Gasteiger partial charge is 0.137 e. The zero-order chi connectivity index (χ0) is 10.1. The van der Waals surface area contributed by atoms with Crippen molar-refractivity contribution in [3.63, 3.8) is 0 Å². The third kappa shape index (κ3) is 1.36. The van der Waals surface area contributed by atoms with Gasteiger partial charge in [-0.3, -0.25) is 0 Å². The zero-order valence-corrected chi connectivity index (χ0v) is 8.43. The molecule has 0 radical (unpaired) electrons. The van der Waals surface area contributed by atoms with E-state index in [4.69, 9.17) is 21.3 Å². The van der Waals surface area contributed by atoms with Gasteiger partial charge in [-0.2, -0.15) is 5.26 Å². The van der Waals surface area contributed by atoms with E-state index in [1.54, 1.807) is 6.26 Å². The second-order valence-electron chi connectivity index (χ2n) is 3.20. The second kappa shape index (κ2) is 3.36. The molecule has 1 heterocycles. The average Bonchev–Trinajstić information content (AvgIpc) is 2.49. The molecule has 14 heavy (non-hydrogen) atoms. The molecule has 0 atom stereocenters. The quantitative estimate of drug-likeness (QED) is 0.715. The van der Waals surface area contributed by atoms with Crippen molar-refractivity contribution in [2.24, 2.45) is 0 Å². The van der Waals surface area contributed by atoms with Crippen molar-refractivity contribution in [2.75, 3.05) is 0 Å². The number of hydrogen-bond acceptors (Lipinski definition) is 2. The molecule has 0 saturated heterocycles. The zero-order valence-electron chi connectivity index (χ0n) is 7.67. The lowest BCUT2D eigenvalue weighted by Crippen LogP contribution is -1.79. The van der Waals surface area contributed by atoms with Crippen LogP contribution in [0.2, 0.25) is 5.02 Å². The number of halogens is 1. The summed E-state index contributed by atoms with van der Waals surface area (Å²) in [5.74, 6) is 0. The minimum absolute atomic E-state index is 0.354. The van der Waals surface area contributed by atoms with Gasteiger partial charge in [0.25, 0.3) is 0 Å². The second-order valence-corrected chi connectivity index (χ2v) is 3.63. The number of benzene rings is 1. The topological polar surface area (TPSA) is 36.9 Å². The van der Waals surface area contributed by atoms with E-state index in [-0.39, 0.29) is 0 Å². The minimum atomic E-state index is 0.354. The van der Waals surface area contributed by atoms with Gasteiger partial charge in [0.15, 0.2) is 0 Å². The Hall–Kier alpha value is -1.46. The lowest BCUT2D eigenvalue weighted by atomic mass is 10.1. The van der Waals surface area contributed by atoms with Crippen molar-refractivity contribution in [2.45, 2.75) is 13.3 Å². The maximum absolute atomic E-state index is 8.61. The molecular formula is C11H8ClNO. The van der Waals surface area contributed by atoms with Crippen molar-refractivity contribution < 1.29 is 4.42 Å². The first-order chi connectivity index (χ1) is 6.72. The number of rotatable bonds is 1. The predicted octanol–water partition coefficient (Wildman–Crippen LogP) is 3.46. The van der Waals surface area contributed by atoms with Crippen LogP contribution in [0.25, 0.3) is 11.0 Å². The molecule has 0 aliphatic rings. The van der Waals surface area contributed by atoms with E-state index < -0.39 is 0 Å². The molecule has 1 aromatic heterocycles. The normalized spacial score (nSPS) is 10.4. The maximum Gasteiger partial charge on any atom is 0.137 e. The van der Waals surface area contributed by atoms with Gasteiger partial charge in [-0.25, -0.2) is 0 Å². The Balaban J connectivity index is 2.73. The van der Waals surface area contributed by atoms with Crippen LogP contribution in [-0.2, 0) is 6.42 Å². The maximum atomic E-state index is 8.61. The van der Waals surface area contributed by atoms with Crippen molar-refractivity contribution >= 4 is 22.6 Å². The molecule has 0 bridgehead atoms. The summed E-state index contributed by atoms with van der Waals surface area (Å²) in [6, 6.07) is 5.78. The fourth-order valence-electron chi connectivity index (χ4n) is 1.54. The third-order valence-corrected chi connectivity index (χ3v) is 2.39. The van der Waals surface area contributed by atoms with E-state index in [2.05, 4.69) is 6.07 Å². The summed E-state index contributed by atoms with van der Waals surface area (Å²) >= 11 is 5.93. The molecule has 0 N–H and O–H groups in total. The van der Waals surface area contributed by atoms with Crippen molar-refractivity contribution in [1.29, 1.82) is 5.26 Å². The Labute approximate surface area is 86.7 Å². The highest BCUT2D eigenvalue weighted by Crippen LogP contribution is 2.28. The van der Waals surface area contributed by atoms with Crippen molar-refractivity contribution in [3.05, 3.63) is 34.5 Å². The van der Waals surface area contributed by atoms with Gasteiger partial charge in [0.05, 0.1) is 18.8 Å². The Morgan fingerprint density at radius 1 is 1.50 bits per heavy atom. The van der Waals surface area contributed by atoms with Gasteiger partial charge < -0.3 is 4.42 Å². The molecule has 1 aromatic carbocycles. The van der Waals surface area contributed by atoms with E-state index in [1.165, 1.54) is 0 Å². The third-order valence-electron chi connectivity index (χ3n) is 2.17. The fourth-order valence-corrected chi connectivity index (χ4v) is 1.81. The van der Waals surface area contributed by atoms with Gasteiger partial charge in [-0.1, -0.05) is 11.6 Å². The Kier molecular flexibility index (Phi) is 2.18. The fraction of sp³-hybridized carbons (Fsp3) is 0.182. The minimum Gasteiger partial charge on any atom is -0.464 e. The van der Waals surface area contributed by atoms with Gasteiger partial charge in [0.1, 0.15) is 5.58 Å². The van der Waals surface area contributed by atoms with E-state index >= 15 is 0 Å².